The molecule has 2 rings (SSSR count). The second kappa shape index (κ2) is 5.95. The Morgan fingerprint density at radius 3 is 2.26 bits per heavy atom. The zero-order chi connectivity index (χ0) is 13.9. The van der Waals surface area contributed by atoms with Gasteiger partial charge >= 0.3 is 6.18 Å². The van der Waals surface area contributed by atoms with Crippen molar-refractivity contribution in [1.29, 1.82) is 0 Å². The van der Waals surface area contributed by atoms with Gasteiger partial charge in [-0.05, 0) is 36.5 Å². The summed E-state index contributed by atoms with van der Waals surface area (Å²) in [4.78, 5) is 0. The van der Waals surface area contributed by atoms with Crippen LogP contribution in [-0.4, -0.2) is 5.11 Å². The molecule has 0 saturated heterocycles. The zero-order valence-electron chi connectivity index (χ0n) is 10.8. The summed E-state index contributed by atoms with van der Waals surface area (Å²) in [5, 5.41) is 10.3. The summed E-state index contributed by atoms with van der Waals surface area (Å²) >= 11 is 0. The van der Waals surface area contributed by atoms with Crippen LogP contribution >= 0.6 is 0 Å². The maximum Gasteiger partial charge on any atom is 0.416 e. The van der Waals surface area contributed by atoms with E-state index < -0.39 is 17.8 Å². The lowest BCUT2D eigenvalue weighted by Gasteiger charge is -2.22. The number of aliphatic hydroxyl groups is 1. The molecule has 1 nitrogen and oxygen atoms in total. The Morgan fingerprint density at radius 1 is 1.05 bits per heavy atom. The number of benzene rings is 1. The molecule has 0 amide bonds. The van der Waals surface area contributed by atoms with Crippen molar-refractivity contribution >= 4 is 0 Å². The molecule has 1 saturated carbocycles. The standard InChI is InChI=1S/C15H19F3O/c16-15(17,18)13-9-5-8-12(10-13)14(19)11-6-3-1-2-4-7-11/h5,8-11,14,19H,1-4,6-7H2/t14-/m0/s1. The molecule has 0 spiro atoms. The fourth-order valence-corrected chi connectivity index (χ4v) is 2.80. The molecule has 19 heavy (non-hydrogen) atoms. The van der Waals surface area contributed by atoms with Crippen LogP contribution in [0.2, 0.25) is 0 Å². The summed E-state index contributed by atoms with van der Waals surface area (Å²) in [5.74, 6) is 0.0889. The van der Waals surface area contributed by atoms with E-state index in [1.165, 1.54) is 6.07 Å². The van der Waals surface area contributed by atoms with Crippen LogP contribution in [0.5, 0.6) is 0 Å². The predicted octanol–water partition coefficient (Wildman–Crippen LogP) is 4.71. The quantitative estimate of drug-likeness (QED) is 0.773. The Kier molecular flexibility index (Phi) is 4.50. The minimum atomic E-state index is -4.35. The van der Waals surface area contributed by atoms with E-state index in [4.69, 9.17) is 0 Å². The molecule has 1 aromatic carbocycles. The summed E-state index contributed by atoms with van der Waals surface area (Å²) in [7, 11) is 0. The SMILES string of the molecule is O[C@H](c1cccc(C(F)(F)F)c1)C1CCCCCC1. The summed E-state index contributed by atoms with van der Waals surface area (Å²) in [6.45, 7) is 0. The first kappa shape index (κ1) is 14.4. The first-order chi connectivity index (χ1) is 8.98. The van der Waals surface area contributed by atoms with Crippen LogP contribution in [0.4, 0.5) is 13.2 Å². The maximum atomic E-state index is 12.7. The number of aliphatic hydroxyl groups excluding tert-OH is 1. The van der Waals surface area contributed by atoms with Crippen LogP contribution in [0.1, 0.15) is 55.8 Å². The van der Waals surface area contributed by atoms with Gasteiger partial charge in [-0.15, -0.1) is 0 Å². The second-order valence-electron chi connectivity index (χ2n) is 5.32. The van der Waals surface area contributed by atoms with Crippen molar-refractivity contribution in [3.8, 4) is 0 Å². The van der Waals surface area contributed by atoms with Crippen LogP contribution in [0.15, 0.2) is 24.3 Å². The molecule has 1 aliphatic carbocycles. The fourth-order valence-electron chi connectivity index (χ4n) is 2.80. The molecular weight excluding hydrogens is 253 g/mol. The molecule has 1 fully saturated rings. The van der Waals surface area contributed by atoms with Crippen LogP contribution < -0.4 is 0 Å². The first-order valence-electron chi connectivity index (χ1n) is 6.84. The highest BCUT2D eigenvalue weighted by molar-refractivity contribution is 5.27. The van der Waals surface area contributed by atoms with Gasteiger partial charge in [0.1, 0.15) is 0 Å². The molecule has 0 unspecified atom stereocenters. The fraction of sp³-hybridized carbons (Fsp3) is 0.600. The van der Waals surface area contributed by atoms with Gasteiger partial charge in [0.15, 0.2) is 0 Å². The van der Waals surface area contributed by atoms with Crippen molar-refractivity contribution < 1.29 is 18.3 Å². The summed E-state index contributed by atoms with van der Waals surface area (Å²) in [6.07, 6.45) is 1.10. The highest BCUT2D eigenvalue weighted by Crippen LogP contribution is 2.36. The molecule has 0 bridgehead atoms. The van der Waals surface area contributed by atoms with Crippen LogP contribution in [-0.2, 0) is 6.18 Å². The van der Waals surface area contributed by atoms with Crippen LogP contribution in [0.3, 0.4) is 0 Å². The lowest BCUT2D eigenvalue weighted by atomic mass is 9.89. The molecule has 4 heteroatoms. The minimum absolute atomic E-state index is 0.0889. The van der Waals surface area contributed by atoms with Gasteiger partial charge in [0.25, 0.3) is 0 Å². The van der Waals surface area contributed by atoms with E-state index in [1.54, 1.807) is 6.07 Å². The van der Waals surface area contributed by atoms with Gasteiger partial charge in [-0.1, -0.05) is 37.8 Å². The number of halogens is 3. The largest absolute Gasteiger partial charge is 0.416 e. The molecule has 1 atom stereocenters. The predicted molar refractivity (Wildman–Crippen MR) is 67.6 cm³/mol. The lowest BCUT2D eigenvalue weighted by molar-refractivity contribution is -0.137. The van der Waals surface area contributed by atoms with E-state index in [1.807, 2.05) is 0 Å². The van der Waals surface area contributed by atoms with E-state index in [0.29, 0.717) is 5.56 Å². The maximum absolute atomic E-state index is 12.7. The third kappa shape index (κ3) is 3.72. The molecule has 0 radical (unpaired) electrons. The lowest BCUT2D eigenvalue weighted by Crippen LogP contribution is -2.13. The van der Waals surface area contributed by atoms with Gasteiger partial charge in [0.05, 0.1) is 11.7 Å². The van der Waals surface area contributed by atoms with E-state index in [2.05, 4.69) is 0 Å². The van der Waals surface area contributed by atoms with Gasteiger partial charge in [0, 0.05) is 0 Å². The Morgan fingerprint density at radius 2 is 1.68 bits per heavy atom. The van der Waals surface area contributed by atoms with E-state index >= 15 is 0 Å². The second-order valence-corrected chi connectivity index (χ2v) is 5.32. The highest BCUT2D eigenvalue weighted by atomic mass is 19.4. The third-order valence-corrected chi connectivity index (χ3v) is 3.90. The summed E-state index contributed by atoms with van der Waals surface area (Å²) < 4.78 is 38.0. The van der Waals surface area contributed by atoms with Gasteiger partial charge in [-0.3, -0.25) is 0 Å². The summed E-state index contributed by atoms with van der Waals surface area (Å²) in [6, 6.07) is 5.09. The molecule has 0 aromatic heterocycles. The Hall–Kier alpha value is -1.03. The average Bonchev–Trinajstić information content (AvgIpc) is 2.66. The topological polar surface area (TPSA) is 20.2 Å². The van der Waals surface area contributed by atoms with Crippen molar-refractivity contribution in [3.05, 3.63) is 35.4 Å². The van der Waals surface area contributed by atoms with Crippen molar-refractivity contribution in [1.82, 2.24) is 0 Å². The van der Waals surface area contributed by atoms with Crippen molar-refractivity contribution in [2.75, 3.05) is 0 Å². The monoisotopic (exact) mass is 272 g/mol. The number of hydrogen-bond acceptors (Lipinski definition) is 1. The Balaban J connectivity index is 2.16. The number of alkyl halides is 3. The summed E-state index contributed by atoms with van der Waals surface area (Å²) in [5.41, 5.74) is -0.292. The van der Waals surface area contributed by atoms with Crippen molar-refractivity contribution in [2.24, 2.45) is 5.92 Å². The number of hydrogen-bond donors (Lipinski definition) is 1. The van der Waals surface area contributed by atoms with Crippen molar-refractivity contribution in [3.63, 3.8) is 0 Å². The molecule has 1 aromatic rings. The Labute approximate surface area is 111 Å². The van der Waals surface area contributed by atoms with Crippen LogP contribution in [0.25, 0.3) is 0 Å². The first-order valence-corrected chi connectivity index (χ1v) is 6.84. The normalized spacial score (nSPS) is 20.0. The molecule has 0 aliphatic heterocycles. The zero-order valence-corrected chi connectivity index (χ0v) is 10.8. The molecule has 0 heterocycles. The van der Waals surface area contributed by atoms with Crippen LogP contribution in [0, 0.1) is 5.92 Å². The van der Waals surface area contributed by atoms with E-state index in [9.17, 15) is 18.3 Å². The van der Waals surface area contributed by atoms with Gasteiger partial charge in [0.2, 0.25) is 0 Å². The molecule has 1 aliphatic rings. The van der Waals surface area contributed by atoms with Gasteiger partial charge < -0.3 is 5.11 Å². The smallest absolute Gasteiger partial charge is 0.388 e. The molecule has 106 valence electrons. The molecule has 1 N–H and O–H groups in total. The molecular formula is C15H19F3O. The van der Waals surface area contributed by atoms with Gasteiger partial charge in [-0.2, -0.15) is 13.2 Å². The Bertz CT molecular complexity index is 406. The van der Waals surface area contributed by atoms with Gasteiger partial charge in [-0.25, -0.2) is 0 Å². The van der Waals surface area contributed by atoms with E-state index in [0.717, 1.165) is 50.7 Å². The third-order valence-electron chi connectivity index (χ3n) is 3.90. The minimum Gasteiger partial charge on any atom is -0.388 e. The van der Waals surface area contributed by atoms with Crippen molar-refractivity contribution in [2.45, 2.75) is 50.8 Å². The number of rotatable bonds is 2. The highest BCUT2D eigenvalue weighted by Gasteiger charge is 2.31. The average molecular weight is 272 g/mol. The van der Waals surface area contributed by atoms with E-state index in [-0.39, 0.29) is 5.92 Å².